The van der Waals surface area contributed by atoms with Crippen LogP contribution in [0.2, 0.25) is 0 Å². The van der Waals surface area contributed by atoms with Gasteiger partial charge in [-0.2, -0.15) is 26.3 Å². The monoisotopic (exact) mass is 281 g/mol. The maximum Gasteiger partial charge on any atom is 0.0656 e. The van der Waals surface area contributed by atoms with Crippen molar-refractivity contribution < 1.29 is 0 Å². The summed E-state index contributed by atoms with van der Waals surface area (Å²) >= 11 is 0. The Labute approximate surface area is 126 Å². The summed E-state index contributed by atoms with van der Waals surface area (Å²) in [6.07, 6.45) is 4.30. The second-order valence-electron chi connectivity index (χ2n) is 5.04. The SMILES string of the molecule is N#CCCCC(C#N)CC(C#N)CCC(C#N)CCC#N. The van der Waals surface area contributed by atoms with Crippen molar-refractivity contribution >= 4 is 0 Å². The topological polar surface area (TPSA) is 119 Å². The Morgan fingerprint density at radius 2 is 1.10 bits per heavy atom. The van der Waals surface area contributed by atoms with Gasteiger partial charge in [-0.05, 0) is 38.5 Å². The van der Waals surface area contributed by atoms with Gasteiger partial charge in [0.2, 0.25) is 0 Å². The van der Waals surface area contributed by atoms with Gasteiger partial charge in [0, 0.05) is 30.6 Å². The number of hydrogen-bond acceptors (Lipinski definition) is 5. The van der Waals surface area contributed by atoms with Crippen LogP contribution in [-0.2, 0) is 0 Å². The average molecular weight is 281 g/mol. The second kappa shape index (κ2) is 12.5. The van der Waals surface area contributed by atoms with E-state index in [9.17, 15) is 0 Å². The van der Waals surface area contributed by atoms with Crippen molar-refractivity contribution in [1.29, 1.82) is 26.3 Å². The molecule has 108 valence electrons. The molecule has 0 rings (SSSR count). The highest BCUT2D eigenvalue weighted by atomic mass is 14.3. The van der Waals surface area contributed by atoms with Crippen molar-refractivity contribution in [2.45, 2.75) is 51.4 Å². The minimum absolute atomic E-state index is 0.195. The average Bonchev–Trinajstić information content (AvgIpc) is 2.52. The standard InChI is InChI=1S/C16H19N5/c17-8-2-1-4-15(12-20)10-16(13-21)7-6-14(11-19)5-3-9-18/h14-16H,1-7,10H2. The van der Waals surface area contributed by atoms with Crippen LogP contribution in [-0.4, -0.2) is 0 Å². The fourth-order valence-corrected chi connectivity index (χ4v) is 2.16. The molecule has 0 aliphatic carbocycles. The van der Waals surface area contributed by atoms with Crippen LogP contribution in [0.4, 0.5) is 0 Å². The first-order valence-electron chi connectivity index (χ1n) is 7.14. The van der Waals surface area contributed by atoms with Gasteiger partial charge in [0.15, 0.2) is 0 Å². The molecular weight excluding hydrogens is 262 g/mol. The summed E-state index contributed by atoms with van der Waals surface area (Å²) in [6, 6.07) is 10.6. The third-order valence-electron chi connectivity index (χ3n) is 3.43. The number of nitriles is 5. The van der Waals surface area contributed by atoms with E-state index in [0.29, 0.717) is 51.4 Å². The predicted octanol–water partition coefficient (Wildman–Crippen LogP) is 3.57. The van der Waals surface area contributed by atoms with Gasteiger partial charge in [-0.1, -0.05) is 0 Å². The van der Waals surface area contributed by atoms with E-state index in [1.165, 1.54) is 0 Å². The highest BCUT2D eigenvalue weighted by molar-refractivity contribution is 4.94. The minimum Gasteiger partial charge on any atom is -0.198 e. The number of nitrogens with zero attached hydrogens (tertiary/aromatic N) is 5. The fourth-order valence-electron chi connectivity index (χ4n) is 2.16. The summed E-state index contributed by atoms with van der Waals surface area (Å²) in [5.74, 6) is -0.642. The molecular formula is C16H19N5. The molecule has 5 heteroatoms. The van der Waals surface area contributed by atoms with Gasteiger partial charge in [-0.15, -0.1) is 0 Å². The summed E-state index contributed by atoms with van der Waals surface area (Å²) in [6.45, 7) is 0. The van der Waals surface area contributed by atoms with E-state index < -0.39 is 0 Å². The molecule has 0 radical (unpaired) electrons. The first kappa shape index (κ1) is 18.4. The van der Waals surface area contributed by atoms with Crippen LogP contribution >= 0.6 is 0 Å². The molecule has 5 nitrogen and oxygen atoms in total. The van der Waals surface area contributed by atoms with Crippen molar-refractivity contribution in [3.8, 4) is 30.3 Å². The van der Waals surface area contributed by atoms with Gasteiger partial charge in [0.25, 0.3) is 0 Å². The van der Waals surface area contributed by atoms with Crippen molar-refractivity contribution in [3.63, 3.8) is 0 Å². The normalized spacial score (nSPS) is 13.5. The Kier molecular flexibility index (Phi) is 11.0. The Hall–Kier alpha value is -2.55. The van der Waals surface area contributed by atoms with E-state index in [4.69, 9.17) is 26.3 Å². The van der Waals surface area contributed by atoms with Crippen molar-refractivity contribution in [1.82, 2.24) is 0 Å². The molecule has 3 unspecified atom stereocenters. The zero-order chi connectivity index (χ0) is 15.9. The molecule has 0 amide bonds. The van der Waals surface area contributed by atoms with Crippen molar-refractivity contribution in [2.24, 2.45) is 17.8 Å². The van der Waals surface area contributed by atoms with E-state index in [2.05, 4.69) is 18.2 Å². The molecule has 0 heterocycles. The zero-order valence-electron chi connectivity index (χ0n) is 12.1. The third kappa shape index (κ3) is 9.05. The molecule has 0 aliphatic heterocycles. The molecule has 0 aromatic heterocycles. The molecule has 0 saturated heterocycles. The smallest absolute Gasteiger partial charge is 0.0656 e. The molecule has 0 N–H and O–H groups in total. The van der Waals surface area contributed by atoms with Gasteiger partial charge in [0.1, 0.15) is 0 Å². The fraction of sp³-hybridized carbons (Fsp3) is 0.688. The van der Waals surface area contributed by atoms with Crippen LogP contribution in [0.5, 0.6) is 0 Å². The molecule has 0 aromatic rings. The molecule has 3 atom stereocenters. The minimum atomic E-state index is -0.241. The second-order valence-corrected chi connectivity index (χ2v) is 5.04. The van der Waals surface area contributed by atoms with Crippen molar-refractivity contribution in [2.75, 3.05) is 0 Å². The van der Waals surface area contributed by atoms with Gasteiger partial charge < -0.3 is 0 Å². The summed E-state index contributed by atoms with van der Waals surface area (Å²) < 4.78 is 0. The molecule has 0 spiro atoms. The quantitative estimate of drug-likeness (QED) is 0.567. The Morgan fingerprint density at radius 1 is 0.571 bits per heavy atom. The van der Waals surface area contributed by atoms with Crippen LogP contribution in [0.1, 0.15) is 51.4 Å². The molecule has 0 aromatic carbocycles. The van der Waals surface area contributed by atoms with Crippen LogP contribution in [0.15, 0.2) is 0 Å². The van der Waals surface area contributed by atoms with Crippen LogP contribution < -0.4 is 0 Å². The van der Waals surface area contributed by atoms with E-state index in [1.807, 2.05) is 12.1 Å². The van der Waals surface area contributed by atoms with Gasteiger partial charge >= 0.3 is 0 Å². The van der Waals surface area contributed by atoms with Crippen molar-refractivity contribution in [3.05, 3.63) is 0 Å². The zero-order valence-corrected chi connectivity index (χ0v) is 12.1. The Balaban J connectivity index is 4.24. The lowest BCUT2D eigenvalue weighted by Gasteiger charge is -2.14. The molecule has 0 fully saturated rings. The first-order chi connectivity index (χ1) is 10.2. The highest BCUT2D eigenvalue weighted by Crippen LogP contribution is 2.24. The molecule has 21 heavy (non-hydrogen) atoms. The maximum atomic E-state index is 9.16. The van der Waals surface area contributed by atoms with Crippen LogP contribution in [0.25, 0.3) is 0 Å². The molecule has 0 aliphatic rings. The summed E-state index contributed by atoms with van der Waals surface area (Å²) in [7, 11) is 0. The largest absolute Gasteiger partial charge is 0.198 e. The number of unbranched alkanes of at least 4 members (excludes halogenated alkanes) is 1. The lowest BCUT2D eigenvalue weighted by atomic mass is 9.87. The number of hydrogen-bond donors (Lipinski definition) is 0. The highest BCUT2D eigenvalue weighted by Gasteiger charge is 2.18. The van der Waals surface area contributed by atoms with Crippen LogP contribution in [0, 0.1) is 74.4 Å². The van der Waals surface area contributed by atoms with Gasteiger partial charge in [-0.25, -0.2) is 0 Å². The lowest BCUT2D eigenvalue weighted by Crippen LogP contribution is -2.08. The lowest BCUT2D eigenvalue weighted by molar-refractivity contribution is 0.410. The summed E-state index contributed by atoms with van der Waals surface area (Å²) in [5, 5.41) is 44.2. The predicted molar refractivity (Wildman–Crippen MR) is 75.5 cm³/mol. The van der Waals surface area contributed by atoms with E-state index in [1.54, 1.807) is 0 Å². The van der Waals surface area contributed by atoms with Gasteiger partial charge in [0.05, 0.1) is 30.3 Å². The maximum absolute atomic E-state index is 9.16. The Bertz CT molecular complexity index is 491. The molecule has 0 saturated carbocycles. The van der Waals surface area contributed by atoms with E-state index in [0.717, 1.165) is 0 Å². The third-order valence-corrected chi connectivity index (χ3v) is 3.43. The Morgan fingerprint density at radius 3 is 1.62 bits per heavy atom. The summed E-state index contributed by atoms with van der Waals surface area (Å²) in [5.41, 5.74) is 0. The van der Waals surface area contributed by atoms with E-state index in [-0.39, 0.29) is 17.8 Å². The van der Waals surface area contributed by atoms with Gasteiger partial charge in [-0.3, -0.25) is 0 Å². The number of rotatable bonds is 10. The van der Waals surface area contributed by atoms with E-state index >= 15 is 0 Å². The summed E-state index contributed by atoms with van der Waals surface area (Å²) in [4.78, 5) is 0. The first-order valence-corrected chi connectivity index (χ1v) is 7.14. The van der Waals surface area contributed by atoms with Crippen LogP contribution in [0.3, 0.4) is 0 Å². The molecule has 0 bridgehead atoms.